The minimum Gasteiger partial charge on any atom is -0.393 e. The fraction of sp³-hybridized carbons (Fsp3) is 0.647. The Morgan fingerprint density at radius 2 is 2.26 bits per heavy atom. The second-order valence-electron chi connectivity index (χ2n) is 5.75. The first-order valence-corrected chi connectivity index (χ1v) is 7.59. The molecule has 2 heteroatoms. The molecule has 1 N–H and O–H groups in total. The lowest BCUT2D eigenvalue weighted by Gasteiger charge is -2.13. The lowest BCUT2D eigenvalue weighted by atomic mass is 10.0. The first kappa shape index (κ1) is 14.5. The summed E-state index contributed by atoms with van der Waals surface area (Å²) in [4.78, 5) is 0. The summed E-state index contributed by atoms with van der Waals surface area (Å²) in [6.07, 6.45) is 7.66. The summed E-state index contributed by atoms with van der Waals surface area (Å²) >= 11 is 0. The predicted molar refractivity (Wildman–Crippen MR) is 78.3 cm³/mol. The van der Waals surface area contributed by atoms with E-state index in [0.717, 1.165) is 38.7 Å². The largest absolute Gasteiger partial charge is 0.393 e. The van der Waals surface area contributed by atoms with Crippen molar-refractivity contribution in [2.45, 2.75) is 64.1 Å². The highest BCUT2D eigenvalue weighted by molar-refractivity contribution is 5.22. The smallest absolute Gasteiger partial charge is 0.0576 e. The Morgan fingerprint density at radius 1 is 1.37 bits per heavy atom. The molecule has 2 atom stereocenters. The van der Waals surface area contributed by atoms with E-state index in [-0.39, 0.29) is 6.10 Å². The molecule has 0 bridgehead atoms. The van der Waals surface area contributed by atoms with Crippen LogP contribution >= 0.6 is 0 Å². The molecule has 0 aliphatic carbocycles. The van der Waals surface area contributed by atoms with Gasteiger partial charge in [-0.05, 0) is 57.4 Å². The van der Waals surface area contributed by atoms with Crippen molar-refractivity contribution < 1.29 is 9.84 Å². The fourth-order valence-corrected chi connectivity index (χ4v) is 2.80. The van der Waals surface area contributed by atoms with Gasteiger partial charge in [-0.2, -0.15) is 0 Å². The molecule has 0 saturated carbocycles. The summed E-state index contributed by atoms with van der Waals surface area (Å²) in [6.45, 7) is 3.04. The van der Waals surface area contributed by atoms with Crippen LogP contribution in [0.1, 0.15) is 49.7 Å². The van der Waals surface area contributed by atoms with Gasteiger partial charge in [0.2, 0.25) is 0 Å². The number of aliphatic hydroxyl groups is 1. The van der Waals surface area contributed by atoms with E-state index < -0.39 is 0 Å². The Kier molecular flexibility index (Phi) is 5.87. The van der Waals surface area contributed by atoms with Gasteiger partial charge in [0, 0.05) is 6.61 Å². The number of hydrogen-bond acceptors (Lipinski definition) is 2. The number of hydrogen-bond donors (Lipinski definition) is 1. The highest BCUT2D eigenvalue weighted by atomic mass is 16.5. The third kappa shape index (κ3) is 5.33. The van der Waals surface area contributed by atoms with Gasteiger partial charge in [-0.15, -0.1) is 0 Å². The summed E-state index contributed by atoms with van der Waals surface area (Å²) in [7, 11) is 0. The van der Waals surface area contributed by atoms with Crippen molar-refractivity contribution in [1.82, 2.24) is 0 Å². The third-order valence-electron chi connectivity index (χ3n) is 3.94. The van der Waals surface area contributed by atoms with E-state index in [1.807, 2.05) is 0 Å². The van der Waals surface area contributed by atoms with Crippen LogP contribution in [0, 0.1) is 6.92 Å². The van der Waals surface area contributed by atoms with Gasteiger partial charge in [-0.1, -0.05) is 29.8 Å². The van der Waals surface area contributed by atoms with Gasteiger partial charge in [-0.3, -0.25) is 0 Å². The highest BCUT2D eigenvalue weighted by Crippen LogP contribution is 2.19. The Bertz CT molecular complexity index is 369. The van der Waals surface area contributed by atoms with Crippen LogP contribution in [0.4, 0.5) is 0 Å². The molecule has 19 heavy (non-hydrogen) atoms. The first-order chi connectivity index (χ1) is 9.24. The molecule has 1 fully saturated rings. The molecule has 1 aromatic carbocycles. The number of aryl methyl sites for hydroxylation is 2. The van der Waals surface area contributed by atoms with Crippen LogP contribution in [-0.2, 0) is 11.2 Å². The van der Waals surface area contributed by atoms with Gasteiger partial charge in [0.1, 0.15) is 0 Å². The lowest BCUT2D eigenvalue weighted by Crippen LogP contribution is -2.10. The van der Waals surface area contributed by atoms with Crippen molar-refractivity contribution in [3.05, 3.63) is 35.4 Å². The zero-order valence-electron chi connectivity index (χ0n) is 12.0. The third-order valence-corrected chi connectivity index (χ3v) is 3.94. The fourth-order valence-electron chi connectivity index (χ4n) is 2.80. The van der Waals surface area contributed by atoms with Crippen LogP contribution in [0.3, 0.4) is 0 Å². The van der Waals surface area contributed by atoms with Gasteiger partial charge >= 0.3 is 0 Å². The molecule has 2 rings (SSSR count). The summed E-state index contributed by atoms with van der Waals surface area (Å²) in [6, 6.07) is 8.56. The molecule has 1 heterocycles. The summed E-state index contributed by atoms with van der Waals surface area (Å²) in [5.41, 5.74) is 2.63. The van der Waals surface area contributed by atoms with Crippen molar-refractivity contribution in [2.24, 2.45) is 0 Å². The van der Waals surface area contributed by atoms with Crippen molar-refractivity contribution >= 4 is 0 Å². The second kappa shape index (κ2) is 7.66. The van der Waals surface area contributed by atoms with Gasteiger partial charge in [0.15, 0.2) is 0 Å². The highest BCUT2D eigenvalue weighted by Gasteiger charge is 2.15. The zero-order valence-corrected chi connectivity index (χ0v) is 12.0. The van der Waals surface area contributed by atoms with Crippen molar-refractivity contribution in [3.8, 4) is 0 Å². The molecule has 1 aliphatic rings. The molecule has 106 valence electrons. The minimum absolute atomic E-state index is 0.165. The van der Waals surface area contributed by atoms with Crippen molar-refractivity contribution in [2.75, 3.05) is 6.61 Å². The summed E-state index contributed by atoms with van der Waals surface area (Å²) < 4.78 is 5.60. The average molecular weight is 262 g/mol. The number of benzene rings is 1. The van der Waals surface area contributed by atoms with Crippen LogP contribution in [0.2, 0.25) is 0 Å². The SMILES string of the molecule is Cc1cccc(CCC(O)CCCC2CCCO2)c1. The van der Waals surface area contributed by atoms with Gasteiger partial charge in [0.25, 0.3) is 0 Å². The molecule has 0 aromatic heterocycles. The Hall–Kier alpha value is -0.860. The average Bonchev–Trinajstić information content (AvgIpc) is 2.90. The van der Waals surface area contributed by atoms with E-state index in [1.165, 1.54) is 24.0 Å². The van der Waals surface area contributed by atoms with E-state index >= 15 is 0 Å². The molecule has 1 aliphatic heterocycles. The van der Waals surface area contributed by atoms with Crippen molar-refractivity contribution in [3.63, 3.8) is 0 Å². The lowest BCUT2D eigenvalue weighted by molar-refractivity contribution is 0.0933. The van der Waals surface area contributed by atoms with E-state index in [2.05, 4.69) is 31.2 Å². The molecule has 2 unspecified atom stereocenters. The van der Waals surface area contributed by atoms with E-state index in [0.29, 0.717) is 6.10 Å². The predicted octanol–water partition coefficient (Wildman–Crippen LogP) is 3.64. The molecule has 1 aromatic rings. The molecule has 1 saturated heterocycles. The monoisotopic (exact) mass is 262 g/mol. The van der Waals surface area contributed by atoms with E-state index in [9.17, 15) is 5.11 Å². The normalized spacial score (nSPS) is 20.6. The standard InChI is InChI=1S/C17H26O2/c1-14-5-2-6-15(13-14)10-11-16(18)7-3-8-17-9-4-12-19-17/h2,5-6,13,16-18H,3-4,7-12H2,1H3. The molecule has 0 spiro atoms. The van der Waals surface area contributed by atoms with Crippen LogP contribution in [-0.4, -0.2) is 23.9 Å². The van der Waals surface area contributed by atoms with Crippen LogP contribution in [0.5, 0.6) is 0 Å². The molecule has 0 amide bonds. The number of rotatable bonds is 7. The Balaban J connectivity index is 1.60. The molecular formula is C17H26O2. The number of aliphatic hydroxyl groups excluding tert-OH is 1. The zero-order chi connectivity index (χ0) is 13.5. The molecule has 0 radical (unpaired) electrons. The maximum atomic E-state index is 10.0. The Morgan fingerprint density at radius 3 is 3.00 bits per heavy atom. The van der Waals surface area contributed by atoms with Gasteiger partial charge in [-0.25, -0.2) is 0 Å². The topological polar surface area (TPSA) is 29.5 Å². The summed E-state index contributed by atoms with van der Waals surface area (Å²) in [5.74, 6) is 0. The summed E-state index contributed by atoms with van der Waals surface area (Å²) in [5, 5.41) is 10.0. The van der Waals surface area contributed by atoms with Crippen LogP contribution in [0.25, 0.3) is 0 Å². The maximum Gasteiger partial charge on any atom is 0.0576 e. The first-order valence-electron chi connectivity index (χ1n) is 7.59. The van der Waals surface area contributed by atoms with Crippen LogP contribution < -0.4 is 0 Å². The minimum atomic E-state index is -0.165. The van der Waals surface area contributed by atoms with E-state index in [4.69, 9.17) is 4.74 Å². The van der Waals surface area contributed by atoms with Crippen LogP contribution in [0.15, 0.2) is 24.3 Å². The quantitative estimate of drug-likeness (QED) is 0.813. The van der Waals surface area contributed by atoms with Gasteiger partial charge < -0.3 is 9.84 Å². The molecular weight excluding hydrogens is 236 g/mol. The molecule has 2 nitrogen and oxygen atoms in total. The number of ether oxygens (including phenoxy) is 1. The van der Waals surface area contributed by atoms with E-state index in [1.54, 1.807) is 0 Å². The second-order valence-corrected chi connectivity index (χ2v) is 5.75. The van der Waals surface area contributed by atoms with Crippen molar-refractivity contribution in [1.29, 1.82) is 0 Å². The van der Waals surface area contributed by atoms with Gasteiger partial charge in [0.05, 0.1) is 12.2 Å². The maximum absolute atomic E-state index is 10.0. The Labute approximate surface area is 116 Å².